The zero-order chi connectivity index (χ0) is 19.8. The van der Waals surface area contributed by atoms with Crippen LogP contribution < -0.4 is 4.80 Å². The molecule has 0 atom stereocenters. The summed E-state index contributed by atoms with van der Waals surface area (Å²) in [5.74, 6) is -0.340. The Morgan fingerprint density at radius 3 is 2.68 bits per heavy atom. The van der Waals surface area contributed by atoms with Crippen LogP contribution in [0.5, 0.6) is 0 Å². The topological polar surface area (TPSA) is 43.6 Å². The summed E-state index contributed by atoms with van der Waals surface area (Å²) in [6, 6.07) is 11.5. The second kappa shape index (κ2) is 7.97. The third-order valence-corrected chi connectivity index (χ3v) is 7.59. The summed E-state index contributed by atoms with van der Waals surface area (Å²) in [6.07, 6.45) is 0. The molecule has 8 heteroatoms. The number of thiazole rings is 1. The summed E-state index contributed by atoms with van der Waals surface area (Å²) in [5, 5.41) is 2.01. The molecule has 0 aliphatic carbocycles. The molecular weight excluding hydrogens is 435 g/mol. The monoisotopic (exact) mass is 450 g/mol. The van der Waals surface area contributed by atoms with Crippen LogP contribution in [0, 0.1) is 6.92 Å². The molecule has 2 heterocycles. The maximum absolute atomic E-state index is 13.0. The van der Waals surface area contributed by atoms with E-state index in [4.69, 9.17) is 27.9 Å². The highest BCUT2D eigenvalue weighted by Crippen LogP contribution is 2.35. The summed E-state index contributed by atoms with van der Waals surface area (Å²) < 4.78 is 9.22. The first-order valence-electron chi connectivity index (χ1n) is 8.54. The minimum Gasteiger partial charge on any atom is -0.383 e. The van der Waals surface area contributed by atoms with Gasteiger partial charge in [0.05, 0.1) is 21.8 Å². The molecule has 0 radical (unpaired) electrons. The van der Waals surface area contributed by atoms with Crippen LogP contribution in [-0.2, 0) is 11.3 Å². The van der Waals surface area contributed by atoms with E-state index in [0.29, 0.717) is 32.9 Å². The number of benzene rings is 2. The van der Waals surface area contributed by atoms with Crippen LogP contribution in [0.4, 0.5) is 0 Å². The molecule has 0 N–H and O–H groups in total. The van der Waals surface area contributed by atoms with Gasteiger partial charge in [-0.15, -0.1) is 11.3 Å². The van der Waals surface area contributed by atoms with Crippen LogP contribution in [0.25, 0.3) is 20.3 Å². The van der Waals surface area contributed by atoms with Gasteiger partial charge in [-0.2, -0.15) is 4.99 Å². The molecule has 4 aromatic rings. The highest BCUT2D eigenvalue weighted by atomic mass is 35.5. The number of ether oxygens (including phenoxy) is 1. The number of aromatic nitrogens is 1. The number of amides is 1. The van der Waals surface area contributed by atoms with Crippen LogP contribution in [0.2, 0.25) is 10.0 Å². The van der Waals surface area contributed by atoms with E-state index in [0.717, 1.165) is 25.9 Å². The smallest absolute Gasteiger partial charge is 0.291 e. The fourth-order valence-electron chi connectivity index (χ4n) is 3.08. The molecule has 0 aliphatic rings. The second-order valence-corrected chi connectivity index (χ2v) is 9.05. The van der Waals surface area contributed by atoms with Gasteiger partial charge in [-0.3, -0.25) is 4.79 Å². The molecule has 0 saturated heterocycles. The molecule has 0 fully saturated rings. The van der Waals surface area contributed by atoms with Gasteiger partial charge in [0.1, 0.15) is 4.88 Å². The number of nitrogens with zero attached hydrogens (tertiary/aromatic N) is 2. The Labute approximate surface area is 179 Å². The summed E-state index contributed by atoms with van der Waals surface area (Å²) in [4.78, 5) is 18.4. The Morgan fingerprint density at radius 1 is 1.14 bits per heavy atom. The normalized spacial score (nSPS) is 12.4. The average Bonchev–Trinajstić information content (AvgIpc) is 3.21. The van der Waals surface area contributed by atoms with Crippen LogP contribution in [0.15, 0.2) is 41.4 Å². The second-order valence-electron chi connectivity index (χ2n) is 6.21. The Balaban J connectivity index is 1.89. The summed E-state index contributed by atoms with van der Waals surface area (Å²) in [6.45, 7) is 3.04. The first-order valence-corrected chi connectivity index (χ1v) is 10.9. The molecule has 28 heavy (non-hydrogen) atoms. The fourth-order valence-corrected chi connectivity index (χ4v) is 5.74. The molecule has 0 unspecified atom stereocenters. The Kier molecular flexibility index (Phi) is 5.58. The zero-order valence-electron chi connectivity index (χ0n) is 15.2. The lowest BCUT2D eigenvalue weighted by Crippen LogP contribution is -2.19. The van der Waals surface area contributed by atoms with Crippen molar-refractivity contribution in [3.63, 3.8) is 0 Å². The van der Waals surface area contributed by atoms with E-state index in [1.54, 1.807) is 7.11 Å². The quantitative estimate of drug-likeness (QED) is 0.387. The molecule has 144 valence electrons. The van der Waals surface area contributed by atoms with E-state index in [1.807, 2.05) is 47.9 Å². The van der Waals surface area contributed by atoms with Gasteiger partial charge in [0.25, 0.3) is 5.91 Å². The molecule has 0 spiro atoms. The van der Waals surface area contributed by atoms with Crippen molar-refractivity contribution in [1.82, 2.24) is 4.57 Å². The molecule has 4 rings (SSSR count). The Morgan fingerprint density at radius 2 is 1.93 bits per heavy atom. The molecule has 2 aromatic heterocycles. The van der Waals surface area contributed by atoms with Crippen molar-refractivity contribution in [2.24, 2.45) is 4.99 Å². The minimum absolute atomic E-state index is 0.340. The lowest BCUT2D eigenvalue weighted by Gasteiger charge is -2.07. The SMILES string of the molecule is COCCn1c(=NC(=O)c2sc3ccccc3c2Cl)sc2ccc(Cl)c(C)c21. The van der Waals surface area contributed by atoms with E-state index in [9.17, 15) is 4.79 Å². The Bertz CT molecular complexity index is 1270. The number of aryl methyl sites for hydroxylation is 1. The largest absolute Gasteiger partial charge is 0.383 e. The average molecular weight is 451 g/mol. The number of thiophene rings is 1. The summed E-state index contributed by atoms with van der Waals surface area (Å²) in [7, 11) is 1.65. The van der Waals surface area contributed by atoms with Gasteiger partial charge in [0.2, 0.25) is 0 Å². The fraction of sp³-hybridized carbons (Fsp3) is 0.200. The number of rotatable bonds is 4. The van der Waals surface area contributed by atoms with Crippen molar-refractivity contribution in [2.75, 3.05) is 13.7 Å². The van der Waals surface area contributed by atoms with E-state index in [-0.39, 0.29) is 5.91 Å². The molecule has 4 nitrogen and oxygen atoms in total. The maximum atomic E-state index is 13.0. The summed E-state index contributed by atoms with van der Waals surface area (Å²) >= 11 is 15.6. The molecular formula is C20H16Cl2N2O2S2. The third-order valence-electron chi connectivity index (χ3n) is 4.48. The van der Waals surface area contributed by atoms with Crippen LogP contribution >= 0.6 is 45.9 Å². The van der Waals surface area contributed by atoms with Gasteiger partial charge in [-0.05, 0) is 30.7 Å². The Hall–Kier alpha value is -1.70. The third kappa shape index (κ3) is 3.40. The highest BCUT2D eigenvalue weighted by Gasteiger charge is 2.18. The van der Waals surface area contributed by atoms with Gasteiger partial charge in [-0.1, -0.05) is 52.7 Å². The number of fused-ring (bicyclic) bond motifs is 2. The maximum Gasteiger partial charge on any atom is 0.291 e. The van der Waals surface area contributed by atoms with Crippen molar-refractivity contribution < 1.29 is 9.53 Å². The standard InChI is InChI=1S/C20H16Cl2N2O2S2/c1-11-13(21)7-8-15-17(11)24(9-10-26-2)20(28-15)23-19(25)18-16(22)12-5-3-4-6-14(12)27-18/h3-8H,9-10H2,1-2H3. The molecule has 0 aliphatic heterocycles. The number of halogens is 2. The molecule has 1 amide bonds. The van der Waals surface area contributed by atoms with Crippen molar-refractivity contribution in [3.05, 3.63) is 61.7 Å². The number of carbonyl (C=O) groups is 1. The number of methoxy groups -OCH3 is 1. The van der Waals surface area contributed by atoms with Crippen molar-refractivity contribution in [3.8, 4) is 0 Å². The minimum atomic E-state index is -0.340. The van der Waals surface area contributed by atoms with E-state index in [1.165, 1.54) is 22.7 Å². The lowest BCUT2D eigenvalue weighted by molar-refractivity contribution is 0.100. The van der Waals surface area contributed by atoms with Crippen LogP contribution in [0.1, 0.15) is 15.2 Å². The van der Waals surface area contributed by atoms with Gasteiger partial charge in [0.15, 0.2) is 4.80 Å². The molecule has 0 saturated carbocycles. The number of carbonyl (C=O) groups excluding carboxylic acids is 1. The van der Waals surface area contributed by atoms with Gasteiger partial charge in [-0.25, -0.2) is 0 Å². The van der Waals surface area contributed by atoms with E-state index < -0.39 is 0 Å². The van der Waals surface area contributed by atoms with Gasteiger partial charge in [0, 0.05) is 28.8 Å². The lowest BCUT2D eigenvalue weighted by atomic mass is 10.2. The predicted molar refractivity (Wildman–Crippen MR) is 118 cm³/mol. The highest BCUT2D eigenvalue weighted by molar-refractivity contribution is 7.21. The van der Waals surface area contributed by atoms with E-state index in [2.05, 4.69) is 4.99 Å². The number of hydrogen-bond acceptors (Lipinski definition) is 4. The van der Waals surface area contributed by atoms with Gasteiger partial charge < -0.3 is 9.30 Å². The van der Waals surface area contributed by atoms with Crippen molar-refractivity contribution >= 4 is 72.1 Å². The van der Waals surface area contributed by atoms with Crippen LogP contribution in [0.3, 0.4) is 0 Å². The summed E-state index contributed by atoms with van der Waals surface area (Å²) in [5.41, 5.74) is 1.93. The zero-order valence-corrected chi connectivity index (χ0v) is 18.3. The van der Waals surface area contributed by atoms with Gasteiger partial charge >= 0.3 is 0 Å². The first-order chi connectivity index (χ1) is 13.5. The first kappa shape index (κ1) is 19.6. The molecule has 0 bridgehead atoms. The van der Waals surface area contributed by atoms with E-state index >= 15 is 0 Å². The number of hydrogen-bond donors (Lipinski definition) is 0. The molecule has 2 aromatic carbocycles. The van der Waals surface area contributed by atoms with Crippen molar-refractivity contribution in [1.29, 1.82) is 0 Å². The van der Waals surface area contributed by atoms with Crippen LogP contribution in [-0.4, -0.2) is 24.2 Å². The van der Waals surface area contributed by atoms with Crippen molar-refractivity contribution in [2.45, 2.75) is 13.5 Å². The predicted octanol–water partition coefficient (Wildman–Crippen LogP) is 5.92.